The molecule has 192 valence electrons. The summed E-state index contributed by atoms with van der Waals surface area (Å²) in [7, 11) is 5.24. The average molecular weight is 490 g/mol. The molecule has 2 atom stereocenters. The summed E-state index contributed by atoms with van der Waals surface area (Å²) in [5.41, 5.74) is 1.78. The molecule has 0 aromatic carbocycles. The van der Waals surface area contributed by atoms with Gasteiger partial charge in [-0.1, -0.05) is 6.07 Å². The van der Waals surface area contributed by atoms with Gasteiger partial charge in [0, 0.05) is 26.1 Å². The van der Waals surface area contributed by atoms with Gasteiger partial charge in [-0.2, -0.15) is 0 Å². The van der Waals surface area contributed by atoms with E-state index in [-0.39, 0.29) is 6.04 Å². The molecule has 3 heterocycles. The number of pyridine rings is 1. The first-order chi connectivity index (χ1) is 16.6. The van der Waals surface area contributed by atoms with Crippen LogP contribution in [0.3, 0.4) is 0 Å². The van der Waals surface area contributed by atoms with Gasteiger partial charge < -0.3 is 29.4 Å². The maximum absolute atomic E-state index is 12.7. The minimum Gasteiger partial charge on any atom is -0.467 e. The van der Waals surface area contributed by atoms with Gasteiger partial charge in [0.05, 0.1) is 57.3 Å². The van der Waals surface area contributed by atoms with Crippen LogP contribution in [0.4, 0.5) is 10.6 Å². The number of hydrogen-bond donors (Lipinski definition) is 2. The molecular formula is C24H37N6O5+. The lowest BCUT2D eigenvalue weighted by Crippen LogP contribution is -2.80. The number of ether oxygens (including phenoxy) is 3. The summed E-state index contributed by atoms with van der Waals surface area (Å²) in [4.78, 5) is 35.8. The van der Waals surface area contributed by atoms with Crippen LogP contribution in [-0.4, -0.2) is 83.0 Å². The first kappa shape index (κ1) is 26.4. The Labute approximate surface area is 206 Å². The van der Waals surface area contributed by atoms with Crippen molar-refractivity contribution in [2.75, 3.05) is 39.2 Å². The third-order valence-electron chi connectivity index (χ3n) is 5.55. The van der Waals surface area contributed by atoms with Gasteiger partial charge in [-0.25, -0.2) is 19.6 Å². The highest BCUT2D eigenvalue weighted by Gasteiger charge is 2.42. The lowest BCUT2D eigenvalue weighted by atomic mass is 10.1. The van der Waals surface area contributed by atoms with E-state index in [0.717, 1.165) is 23.6 Å². The first-order valence-corrected chi connectivity index (χ1v) is 11.8. The smallest absolute Gasteiger partial charge is 0.411 e. The summed E-state index contributed by atoms with van der Waals surface area (Å²) in [6, 6.07) is 4.76. The highest BCUT2D eigenvalue weighted by molar-refractivity contribution is 5.82. The summed E-state index contributed by atoms with van der Waals surface area (Å²) in [5.74, 6) is 0.165. The van der Waals surface area contributed by atoms with Crippen molar-refractivity contribution < 1.29 is 29.1 Å². The zero-order valence-electron chi connectivity index (χ0n) is 21.4. The number of amides is 1. The summed E-state index contributed by atoms with van der Waals surface area (Å²) < 4.78 is 18.1. The number of likely N-dealkylation sites (tertiary alicyclic amines) is 1. The number of rotatable bonds is 9. The van der Waals surface area contributed by atoms with Gasteiger partial charge in [0.2, 0.25) is 0 Å². The van der Waals surface area contributed by atoms with E-state index in [0.29, 0.717) is 32.0 Å². The molecule has 1 aliphatic heterocycles. The van der Waals surface area contributed by atoms with Crippen molar-refractivity contribution in [1.29, 1.82) is 0 Å². The number of hydrogen-bond acceptors (Lipinski definition) is 8. The van der Waals surface area contributed by atoms with Gasteiger partial charge >= 0.3 is 12.1 Å². The van der Waals surface area contributed by atoms with E-state index in [1.165, 1.54) is 12.0 Å². The van der Waals surface area contributed by atoms with E-state index in [2.05, 4.69) is 15.6 Å². The molecule has 0 bridgehead atoms. The predicted molar refractivity (Wildman–Crippen MR) is 130 cm³/mol. The van der Waals surface area contributed by atoms with Crippen LogP contribution in [0.25, 0.3) is 11.4 Å². The molecule has 2 aromatic rings. The number of aryl methyl sites for hydroxylation is 1. The quantitative estimate of drug-likeness (QED) is 0.397. The van der Waals surface area contributed by atoms with Crippen LogP contribution < -0.4 is 10.6 Å². The number of nitrogens with two attached hydrogens (primary N) is 1. The first-order valence-electron chi connectivity index (χ1n) is 11.8. The molecule has 0 radical (unpaired) electrons. The fourth-order valence-corrected chi connectivity index (χ4v) is 3.96. The van der Waals surface area contributed by atoms with E-state index in [1.807, 2.05) is 36.9 Å². The van der Waals surface area contributed by atoms with Crippen LogP contribution in [0, 0.1) is 0 Å². The number of anilines is 1. The van der Waals surface area contributed by atoms with E-state index in [1.54, 1.807) is 27.1 Å². The number of nitrogens with one attached hydrogen (secondary N) is 1. The average Bonchev–Trinajstić information content (AvgIpc) is 3.39. The Balaban J connectivity index is 1.75. The predicted octanol–water partition coefficient (Wildman–Crippen LogP) is 1.15. The number of methoxy groups -OCH3 is 1. The van der Waals surface area contributed by atoms with Gasteiger partial charge in [-0.15, -0.1) is 0 Å². The Morgan fingerprint density at radius 3 is 2.74 bits per heavy atom. The molecule has 3 N–H and O–H groups in total. The highest BCUT2D eigenvalue weighted by atomic mass is 16.6. The number of esters is 1. The monoisotopic (exact) mass is 489 g/mol. The third kappa shape index (κ3) is 6.92. The highest BCUT2D eigenvalue weighted by Crippen LogP contribution is 2.26. The van der Waals surface area contributed by atoms with Crippen molar-refractivity contribution in [1.82, 2.24) is 19.4 Å². The Morgan fingerprint density at radius 2 is 2.06 bits per heavy atom. The standard InChI is InChI=1S/C24H36N6O5/c1-24(2,3)35-23(32)30-13-16(12-19(30)22(31)33-6)27-20-9-7-8-17(28-20)21-18(26-15-29(21)5)14-34-11-10-25-4/h7-9,15-16,19,25H,10-14H2,1-6H3,(H,27,28)/p+1/t16-,19-/m0/s1. The number of quaternary nitrogens is 1. The molecule has 11 nitrogen and oxygen atoms in total. The number of carbonyl (C=O) groups is 2. The number of nitrogens with zero attached hydrogens (tertiary/aromatic N) is 4. The van der Waals surface area contributed by atoms with E-state index in [9.17, 15) is 9.59 Å². The summed E-state index contributed by atoms with van der Waals surface area (Å²) >= 11 is 0. The molecule has 0 spiro atoms. The summed E-state index contributed by atoms with van der Waals surface area (Å²) in [6.07, 6.45) is 1.59. The molecule has 2 aromatic heterocycles. The molecular weight excluding hydrogens is 452 g/mol. The fourth-order valence-electron chi connectivity index (χ4n) is 3.96. The van der Waals surface area contributed by atoms with E-state index >= 15 is 0 Å². The zero-order valence-corrected chi connectivity index (χ0v) is 21.4. The minimum absolute atomic E-state index is 0.200. The van der Waals surface area contributed by atoms with Crippen molar-refractivity contribution in [2.45, 2.75) is 51.5 Å². The number of carbonyl (C=O) groups excluding carboxylic acids is 2. The van der Waals surface area contributed by atoms with Gasteiger partial charge in [-0.3, -0.25) is 4.90 Å². The second-order valence-corrected chi connectivity index (χ2v) is 9.56. The second kappa shape index (κ2) is 11.5. The van der Waals surface area contributed by atoms with Crippen LogP contribution in [0.5, 0.6) is 0 Å². The van der Waals surface area contributed by atoms with E-state index in [4.69, 9.17) is 19.2 Å². The van der Waals surface area contributed by atoms with Crippen molar-refractivity contribution in [2.24, 2.45) is 7.05 Å². The fraction of sp³-hybridized carbons (Fsp3) is 0.583. The second-order valence-electron chi connectivity index (χ2n) is 9.56. The number of imidazole rings is 1. The van der Waals surface area contributed by atoms with Crippen molar-refractivity contribution in [3.8, 4) is 11.4 Å². The number of likely N-dealkylation sites (N-methyl/N-ethyl adjacent to an activating group) is 1. The Hall–Kier alpha value is -3.18. The maximum atomic E-state index is 12.7. The Kier molecular flexibility index (Phi) is 8.68. The molecule has 35 heavy (non-hydrogen) atoms. The summed E-state index contributed by atoms with van der Waals surface area (Å²) in [5, 5.41) is 5.43. The van der Waals surface area contributed by atoms with Crippen LogP contribution >= 0.6 is 0 Å². The van der Waals surface area contributed by atoms with Crippen LogP contribution in [0.2, 0.25) is 0 Å². The molecule has 1 fully saturated rings. The molecule has 11 heteroatoms. The molecule has 0 saturated carbocycles. The van der Waals surface area contributed by atoms with Gasteiger partial charge in [-0.05, 0) is 32.9 Å². The molecule has 0 unspecified atom stereocenters. The lowest BCUT2D eigenvalue weighted by molar-refractivity contribution is -0.628. The molecule has 0 aliphatic carbocycles. The Morgan fingerprint density at radius 1 is 1.29 bits per heavy atom. The van der Waals surface area contributed by atoms with Crippen LogP contribution in [-0.2, 0) is 32.7 Å². The van der Waals surface area contributed by atoms with E-state index < -0.39 is 23.7 Å². The van der Waals surface area contributed by atoms with Crippen LogP contribution in [0.15, 0.2) is 24.5 Å². The minimum atomic E-state index is -0.725. The van der Waals surface area contributed by atoms with Crippen molar-refractivity contribution in [3.05, 3.63) is 30.2 Å². The molecule has 3 rings (SSSR count). The lowest BCUT2D eigenvalue weighted by Gasteiger charge is -2.27. The molecule has 1 saturated heterocycles. The van der Waals surface area contributed by atoms with Crippen LogP contribution in [0.1, 0.15) is 32.9 Å². The maximum Gasteiger partial charge on any atom is 0.411 e. The zero-order chi connectivity index (χ0) is 25.6. The van der Waals surface area contributed by atoms with Gasteiger partial charge in [0.15, 0.2) is 0 Å². The normalized spacial score (nSPS) is 17.9. The summed E-state index contributed by atoms with van der Waals surface area (Å²) in [6.45, 7) is 7.59. The van der Waals surface area contributed by atoms with Crippen molar-refractivity contribution in [3.63, 3.8) is 0 Å². The van der Waals surface area contributed by atoms with Crippen molar-refractivity contribution >= 4 is 17.9 Å². The molecule has 1 aliphatic rings. The molecule has 1 amide bonds. The largest absolute Gasteiger partial charge is 0.467 e. The van der Waals surface area contributed by atoms with Gasteiger partial charge in [0.1, 0.15) is 17.5 Å². The topological polar surface area (TPSA) is 124 Å². The SMILES string of the molecule is C[NH2+]CCOCc1ncn(C)c1-c1cccc(N[C@H]2C[C@@H](C(=O)OC)N(C(=O)OC(C)(C)C)C2)n1. The van der Waals surface area contributed by atoms with Gasteiger partial charge in [0.25, 0.3) is 0 Å². The Bertz CT molecular complexity index is 1020. The number of aromatic nitrogens is 3. The third-order valence-corrected chi connectivity index (χ3v) is 5.55.